The average molecular weight is 439 g/mol. The molecule has 1 atom stereocenters. The van der Waals surface area contributed by atoms with Crippen molar-refractivity contribution in [3.05, 3.63) is 45.6 Å². The molecule has 0 aliphatic carbocycles. The summed E-state index contributed by atoms with van der Waals surface area (Å²) >= 11 is 0. The lowest BCUT2D eigenvalue weighted by atomic mass is 9.86. The number of nitrogens with zero attached hydrogens (tertiary/aromatic N) is 2. The summed E-state index contributed by atoms with van der Waals surface area (Å²) in [5.74, 6) is 2.86. The molecule has 0 spiro atoms. The second-order valence-corrected chi connectivity index (χ2v) is 10.1. The minimum Gasteiger partial charge on any atom is -0.485 e. The molecule has 1 aromatic heterocycles. The van der Waals surface area contributed by atoms with Crippen LogP contribution in [-0.2, 0) is 11.2 Å². The zero-order valence-corrected chi connectivity index (χ0v) is 21.2. The maximum Gasteiger partial charge on any atom is 0.308 e. The molecule has 0 radical (unpaired) electrons. The van der Waals surface area contributed by atoms with Crippen molar-refractivity contribution in [1.82, 2.24) is 4.98 Å². The van der Waals surface area contributed by atoms with E-state index in [0.29, 0.717) is 11.7 Å². The number of pyridine rings is 1. The van der Waals surface area contributed by atoms with Crippen molar-refractivity contribution in [3.63, 3.8) is 0 Å². The lowest BCUT2D eigenvalue weighted by Crippen LogP contribution is -2.49. The summed E-state index contributed by atoms with van der Waals surface area (Å²) in [6.45, 7) is 20.1. The first kappa shape index (κ1) is 24.1. The van der Waals surface area contributed by atoms with E-state index in [0.717, 1.165) is 65.4 Å². The van der Waals surface area contributed by atoms with Crippen LogP contribution in [0, 0.1) is 40.5 Å². The molecule has 3 rings (SSSR count). The van der Waals surface area contributed by atoms with E-state index in [1.54, 1.807) is 0 Å². The first-order chi connectivity index (χ1) is 14.9. The predicted molar refractivity (Wildman–Crippen MR) is 130 cm³/mol. The van der Waals surface area contributed by atoms with E-state index in [1.807, 2.05) is 13.8 Å². The molecule has 1 aliphatic rings. The van der Waals surface area contributed by atoms with Gasteiger partial charge in [-0.15, -0.1) is 0 Å². The molecule has 0 N–H and O–H groups in total. The Morgan fingerprint density at radius 1 is 1.16 bits per heavy atom. The van der Waals surface area contributed by atoms with Crippen LogP contribution in [0.15, 0.2) is 12.1 Å². The zero-order valence-electron chi connectivity index (χ0n) is 21.2. The average Bonchev–Trinajstić information content (AvgIpc) is 2.67. The molecule has 2 heterocycles. The van der Waals surface area contributed by atoms with Gasteiger partial charge in [0.25, 0.3) is 0 Å². The van der Waals surface area contributed by atoms with Gasteiger partial charge in [-0.25, -0.2) is 4.98 Å². The van der Waals surface area contributed by atoms with Crippen LogP contribution < -0.4 is 14.4 Å². The van der Waals surface area contributed by atoms with Crippen LogP contribution in [0.25, 0.3) is 0 Å². The number of hydrogen-bond acceptors (Lipinski definition) is 5. The maximum atomic E-state index is 11.6. The summed E-state index contributed by atoms with van der Waals surface area (Å²) in [6.07, 6.45) is 1.78. The van der Waals surface area contributed by atoms with Crippen molar-refractivity contribution in [2.24, 2.45) is 5.92 Å². The second kappa shape index (κ2) is 9.13. The number of rotatable bonds is 6. The van der Waals surface area contributed by atoms with Gasteiger partial charge in [-0.1, -0.05) is 13.8 Å². The van der Waals surface area contributed by atoms with Crippen molar-refractivity contribution in [3.8, 4) is 11.5 Å². The van der Waals surface area contributed by atoms with Crippen molar-refractivity contribution in [1.29, 1.82) is 0 Å². The van der Waals surface area contributed by atoms with Crippen LogP contribution in [0.3, 0.4) is 0 Å². The molecule has 1 aliphatic heterocycles. The molecule has 0 saturated heterocycles. The largest absolute Gasteiger partial charge is 0.485 e. The molecule has 0 amide bonds. The number of anilines is 1. The number of benzene rings is 1. The Hall–Kier alpha value is -2.56. The number of fused-ring (bicyclic) bond motifs is 1. The highest BCUT2D eigenvalue weighted by Gasteiger charge is 2.37. The maximum absolute atomic E-state index is 11.6. The number of esters is 1. The Labute approximate surface area is 193 Å². The molecule has 1 unspecified atom stereocenters. The normalized spacial score (nSPS) is 17.7. The van der Waals surface area contributed by atoms with Crippen LogP contribution in [-0.4, -0.2) is 29.6 Å². The number of hydrogen-bond donors (Lipinski definition) is 0. The standard InChI is InChI=1S/C27H38N2O3/c1-16(2)14-29(24-13-17(3)12-18(4)28-24)15-27(9)11-10-23-21(7)25(31-22(8)30)19(5)20(6)26(23)32-27/h12-13,16H,10-11,14-15H2,1-9H3. The van der Waals surface area contributed by atoms with Crippen LogP contribution in [0.5, 0.6) is 11.5 Å². The quantitative estimate of drug-likeness (QED) is 0.422. The Kier molecular flexibility index (Phi) is 6.87. The third-order valence-corrected chi connectivity index (χ3v) is 6.33. The van der Waals surface area contributed by atoms with E-state index < -0.39 is 0 Å². The number of carbonyl (C=O) groups excluding carboxylic acids is 1. The number of aryl methyl sites for hydroxylation is 2. The zero-order chi connectivity index (χ0) is 23.8. The van der Waals surface area contributed by atoms with Gasteiger partial charge in [0.15, 0.2) is 0 Å². The molecule has 0 saturated carbocycles. The smallest absolute Gasteiger partial charge is 0.308 e. The van der Waals surface area contributed by atoms with Crippen molar-refractivity contribution in [2.45, 2.75) is 80.8 Å². The first-order valence-corrected chi connectivity index (χ1v) is 11.6. The molecular weight excluding hydrogens is 400 g/mol. The fourth-order valence-corrected chi connectivity index (χ4v) is 4.76. The molecule has 5 heteroatoms. The lowest BCUT2D eigenvalue weighted by molar-refractivity contribution is -0.132. The summed E-state index contributed by atoms with van der Waals surface area (Å²) in [5.41, 5.74) is 6.10. The molecule has 2 aromatic rings. The SMILES string of the molecule is CC(=O)Oc1c(C)c(C)c2c(c1C)CCC(C)(CN(CC(C)C)c1cc(C)cc(C)n1)O2. The highest BCUT2D eigenvalue weighted by Crippen LogP contribution is 2.44. The summed E-state index contributed by atoms with van der Waals surface area (Å²) in [6, 6.07) is 4.28. The molecule has 32 heavy (non-hydrogen) atoms. The van der Waals surface area contributed by atoms with E-state index in [9.17, 15) is 4.79 Å². The molecule has 174 valence electrons. The fourth-order valence-electron chi connectivity index (χ4n) is 4.76. The Balaban J connectivity index is 1.96. The minimum atomic E-state index is -0.339. The number of ether oxygens (including phenoxy) is 2. The lowest BCUT2D eigenvalue weighted by Gasteiger charge is -2.42. The summed E-state index contributed by atoms with van der Waals surface area (Å²) in [5, 5.41) is 0. The summed E-state index contributed by atoms with van der Waals surface area (Å²) in [7, 11) is 0. The van der Waals surface area contributed by atoms with Crippen LogP contribution in [0.1, 0.15) is 67.6 Å². The van der Waals surface area contributed by atoms with E-state index in [1.165, 1.54) is 12.5 Å². The Morgan fingerprint density at radius 2 is 1.84 bits per heavy atom. The van der Waals surface area contributed by atoms with Crippen molar-refractivity contribution >= 4 is 11.8 Å². The summed E-state index contributed by atoms with van der Waals surface area (Å²) in [4.78, 5) is 18.8. The fraction of sp³-hybridized carbons (Fsp3) is 0.556. The Bertz CT molecular complexity index is 1010. The number of aromatic nitrogens is 1. The topological polar surface area (TPSA) is 51.7 Å². The van der Waals surface area contributed by atoms with Gasteiger partial charge >= 0.3 is 5.97 Å². The summed E-state index contributed by atoms with van der Waals surface area (Å²) < 4.78 is 12.3. The third kappa shape index (κ3) is 5.08. The highest BCUT2D eigenvalue weighted by atomic mass is 16.5. The minimum absolute atomic E-state index is 0.289. The van der Waals surface area contributed by atoms with Crippen LogP contribution in [0.2, 0.25) is 0 Å². The Morgan fingerprint density at radius 3 is 2.44 bits per heavy atom. The van der Waals surface area contributed by atoms with E-state index in [4.69, 9.17) is 14.5 Å². The van der Waals surface area contributed by atoms with Gasteiger partial charge < -0.3 is 14.4 Å². The van der Waals surface area contributed by atoms with Gasteiger partial charge in [0.05, 0.1) is 6.54 Å². The molecule has 5 nitrogen and oxygen atoms in total. The number of carbonyl (C=O) groups is 1. The third-order valence-electron chi connectivity index (χ3n) is 6.33. The van der Waals surface area contributed by atoms with Gasteiger partial charge in [-0.2, -0.15) is 0 Å². The van der Waals surface area contributed by atoms with Gasteiger partial charge in [0, 0.05) is 24.7 Å². The van der Waals surface area contributed by atoms with E-state index >= 15 is 0 Å². The molecule has 0 bridgehead atoms. The van der Waals surface area contributed by atoms with Gasteiger partial charge in [-0.3, -0.25) is 4.79 Å². The van der Waals surface area contributed by atoms with E-state index in [2.05, 4.69) is 58.6 Å². The molecule has 1 aromatic carbocycles. The van der Waals surface area contributed by atoms with Gasteiger partial charge in [0.2, 0.25) is 0 Å². The van der Waals surface area contributed by atoms with Gasteiger partial charge in [0.1, 0.15) is 22.9 Å². The van der Waals surface area contributed by atoms with Gasteiger partial charge in [-0.05, 0) is 94.7 Å². The van der Waals surface area contributed by atoms with E-state index in [-0.39, 0.29) is 11.6 Å². The molecule has 0 fully saturated rings. The van der Waals surface area contributed by atoms with Crippen LogP contribution in [0.4, 0.5) is 5.82 Å². The van der Waals surface area contributed by atoms with Crippen LogP contribution >= 0.6 is 0 Å². The van der Waals surface area contributed by atoms with Crippen molar-refractivity contribution < 1.29 is 14.3 Å². The molecular formula is C27H38N2O3. The highest BCUT2D eigenvalue weighted by molar-refractivity contribution is 5.72. The monoisotopic (exact) mass is 438 g/mol. The second-order valence-electron chi connectivity index (χ2n) is 10.1. The van der Waals surface area contributed by atoms with Crippen molar-refractivity contribution in [2.75, 3.05) is 18.0 Å². The predicted octanol–water partition coefficient (Wildman–Crippen LogP) is 5.80. The first-order valence-electron chi connectivity index (χ1n) is 11.6.